The lowest BCUT2D eigenvalue weighted by molar-refractivity contribution is -0.144. The summed E-state index contributed by atoms with van der Waals surface area (Å²) >= 11 is 2.59. The van der Waals surface area contributed by atoms with Crippen molar-refractivity contribution in [2.75, 3.05) is 23.7 Å². The number of aliphatic hydroxyl groups is 2. The molecule has 7 rings (SSSR count). The van der Waals surface area contributed by atoms with Crippen molar-refractivity contribution >= 4 is 57.7 Å². The molecule has 4 amide bonds. The van der Waals surface area contributed by atoms with E-state index in [0.29, 0.717) is 77.1 Å². The Balaban J connectivity index is 0.940. The van der Waals surface area contributed by atoms with Crippen LogP contribution in [0, 0.1) is 0 Å². The van der Waals surface area contributed by atoms with Crippen molar-refractivity contribution in [2.24, 2.45) is 0 Å². The molecule has 2 aliphatic heterocycles. The van der Waals surface area contributed by atoms with E-state index in [0.717, 1.165) is 5.56 Å². The topological polar surface area (TPSA) is 165 Å². The highest BCUT2D eigenvalue weighted by Gasteiger charge is 2.38. The number of rotatable bonds is 10. The zero-order valence-electron chi connectivity index (χ0n) is 27.3. The van der Waals surface area contributed by atoms with Gasteiger partial charge in [0.25, 0.3) is 11.8 Å². The van der Waals surface area contributed by atoms with E-state index in [-0.39, 0.29) is 11.8 Å². The van der Waals surface area contributed by atoms with Crippen LogP contribution in [0.15, 0.2) is 94.2 Å². The lowest BCUT2D eigenvalue weighted by Crippen LogP contribution is -2.45. The van der Waals surface area contributed by atoms with E-state index in [1.54, 1.807) is 89.8 Å². The van der Waals surface area contributed by atoms with Crippen LogP contribution in [0.3, 0.4) is 0 Å². The number of likely N-dealkylation sites (tertiary alicyclic amines) is 2. The molecular formula is C37H35N5O7S2. The van der Waals surface area contributed by atoms with Gasteiger partial charge in [-0.05, 0) is 97.1 Å². The number of nitrogens with zero attached hydrogens (tertiary/aromatic N) is 3. The van der Waals surface area contributed by atoms with E-state index in [1.165, 1.54) is 32.5 Å². The number of thiophene rings is 2. The second-order valence-corrected chi connectivity index (χ2v) is 14.3. The minimum absolute atomic E-state index is 0.310. The fourth-order valence-electron chi connectivity index (χ4n) is 6.46. The standard InChI is InChI=1S/C37H35N5O7S2/c43-31(29-7-3-19-50-29)36(47)41-17-1-5-26(41)33(45)39-24-13-9-22(10-14-24)28-21-38-35(49-28)23-11-15-25(16-12-23)40-34(46)27-6-2-18-42(27)37(48)32(44)30-8-4-20-51-30/h3-4,7-16,19-21,26-27,31-32,43-44H,1-2,5-6,17-18H2,(H,39,45)(H,40,46)/t26-,27-,31?,32?/m0/s1. The molecule has 2 unspecified atom stereocenters. The van der Waals surface area contributed by atoms with Gasteiger partial charge in [-0.3, -0.25) is 19.2 Å². The third-order valence-electron chi connectivity index (χ3n) is 9.11. The van der Waals surface area contributed by atoms with E-state index in [4.69, 9.17) is 4.42 Å². The molecule has 0 radical (unpaired) electrons. The van der Waals surface area contributed by atoms with Crippen molar-refractivity contribution < 1.29 is 33.8 Å². The molecule has 5 aromatic rings. The summed E-state index contributed by atoms with van der Waals surface area (Å²) in [6, 6.07) is 19.7. The first-order valence-electron chi connectivity index (χ1n) is 16.6. The second-order valence-electron chi connectivity index (χ2n) is 12.4. The van der Waals surface area contributed by atoms with Gasteiger partial charge in [-0.15, -0.1) is 22.7 Å². The van der Waals surface area contributed by atoms with Crippen LogP contribution in [0.4, 0.5) is 11.4 Å². The van der Waals surface area contributed by atoms with Crippen LogP contribution in [0.1, 0.15) is 47.6 Å². The molecule has 2 saturated heterocycles. The van der Waals surface area contributed by atoms with Crippen LogP contribution < -0.4 is 10.6 Å². The molecule has 2 aliphatic rings. The summed E-state index contributed by atoms with van der Waals surface area (Å²) in [6.07, 6.45) is 1.42. The Kier molecular flexibility index (Phi) is 10.1. The number of anilines is 2. The van der Waals surface area contributed by atoms with E-state index in [2.05, 4.69) is 15.6 Å². The number of amides is 4. The second kappa shape index (κ2) is 15.0. The number of hydrogen-bond acceptors (Lipinski definition) is 10. The van der Waals surface area contributed by atoms with Gasteiger partial charge in [0.05, 0.1) is 6.20 Å². The van der Waals surface area contributed by atoms with E-state index < -0.39 is 36.1 Å². The maximum Gasteiger partial charge on any atom is 0.257 e. The minimum atomic E-state index is -1.29. The van der Waals surface area contributed by atoms with Gasteiger partial charge in [0, 0.05) is 45.3 Å². The van der Waals surface area contributed by atoms with Crippen LogP contribution in [0.2, 0.25) is 0 Å². The summed E-state index contributed by atoms with van der Waals surface area (Å²) in [5.74, 6) is -0.665. The Morgan fingerprint density at radius 2 is 1.18 bits per heavy atom. The molecule has 0 bridgehead atoms. The summed E-state index contributed by atoms with van der Waals surface area (Å²) in [4.78, 5) is 60.6. The molecule has 4 N–H and O–H groups in total. The quantitative estimate of drug-likeness (QED) is 0.148. The van der Waals surface area contributed by atoms with Crippen molar-refractivity contribution in [1.82, 2.24) is 14.8 Å². The first kappa shape index (κ1) is 34.3. The first-order chi connectivity index (χ1) is 24.8. The predicted molar refractivity (Wildman–Crippen MR) is 193 cm³/mol. The number of nitrogens with one attached hydrogen (secondary N) is 2. The molecule has 3 aromatic heterocycles. The summed E-state index contributed by atoms with van der Waals surface area (Å²) in [5.41, 5.74) is 2.55. The summed E-state index contributed by atoms with van der Waals surface area (Å²) in [6.45, 7) is 0.819. The molecule has 5 heterocycles. The van der Waals surface area contributed by atoms with Gasteiger partial charge in [-0.25, -0.2) is 4.98 Å². The van der Waals surface area contributed by atoms with Crippen LogP contribution in [-0.2, 0) is 19.2 Å². The molecule has 0 aliphatic carbocycles. The van der Waals surface area contributed by atoms with E-state index in [9.17, 15) is 29.4 Å². The van der Waals surface area contributed by atoms with Gasteiger partial charge in [-0.2, -0.15) is 0 Å². The van der Waals surface area contributed by atoms with Gasteiger partial charge in [-0.1, -0.05) is 12.1 Å². The first-order valence-corrected chi connectivity index (χ1v) is 18.3. The third-order valence-corrected chi connectivity index (χ3v) is 11.0. The minimum Gasteiger partial charge on any atom is -0.436 e. The highest BCUT2D eigenvalue weighted by Crippen LogP contribution is 2.31. The fraction of sp³-hybridized carbons (Fsp3) is 0.270. The number of benzene rings is 2. The average Bonchev–Trinajstić information content (AvgIpc) is 4.00. The highest BCUT2D eigenvalue weighted by molar-refractivity contribution is 7.10. The number of aromatic nitrogens is 1. The van der Waals surface area contributed by atoms with Crippen molar-refractivity contribution in [1.29, 1.82) is 0 Å². The number of aliphatic hydroxyl groups excluding tert-OH is 2. The molecule has 262 valence electrons. The monoisotopic (exact) mass is 725 g/mol. The largest absolute Gasteiger partial charge is 0.436 e. The van der Waals surface area contributed by atoms with Gasteiger partial charge < -0.3 is 35.1 Å². The van der Waals surface area contributed by atoms with Gasteiger partial charge in [0.15, 0.2) is 18.0 Å². The highest BCUT2D eigenvalue weighted by atomic mass is 32.1. The van der Waals surface area contributed by atoms with E-state index >= 15 is 0 Å². The Labute approximate surface area is 301 Å². The van der Waals surface area contributed by atoms with E-state index in [1.807, 2.05) is 0 Å². The van der Waals surface area contributed by atoms with Gasteiger partial charge >= 0.3 is 0 Å². The van der Waals surface area contributed by atoms with Gasteiger partial charge in [0.1, 0.15) is 12.1 Å². The normalized spacial score (nSPS) is 18.4. The van der Waals surface area contributed by atoms with Crippen molar-refractivity contribution in [3.05, 3.63) is 99.5 Å². The lowest BCUT2D eigenvalue weighted by Gasteiger charge is -2.26. The molecule has 2 fully saturated rings. The smallest absolute Gasteiger partial charge is 0.257 e. The average molecular weight is 726 g/mol. The third kappa shape index (κ3) is 7.35. The zero-order valence-corrected chi connectivity index (χ0v) is 28.9. The fourth-order valence-corrected chi connectivity index (χ4v) is 7.87. The number of carbonyl (C=O) groups excluding carboxylic acids is 4. The molecule has 2 aromatic carbocycles. The Hall–Kier alpha value is -5.15. The zero-order chi connectivity index (χ0) is 35.5. The van der Waals surface area contributed by atoms with Crippen molar-refractivity contribution in [2.45, 2.75) is 50.0 Å². The molecule has 4 atom stereocenters. The summed E-state index contributed by atoms with van der Waals surface area (Å²) < 4.78 is 6.03. The molecule has 0 saturated carbocycles. The summed E-state index contributed by atoms with van der Waals surface area (Å²) in [5, 5.41) is 30.4. The maximum atomic E-state index is 13.1. The van der Waals surface area contributed by atoms with Crippen molar-refractivity contribution in [3.63, 3.8) is 0 Å². The molecule has 0 spiro atoms. The maximum absolute atomic E-state index is 13.1. The Bertz CT molecular complexity index is 1850. The number of oxazole rings is 1. The number of hydrogen-bond donors (Lipinski definition) is 4. The number of carbonyl (C=O) groups is 4. The lowest BCUT2D eigenvalue weighted by atomic mass is 10.1. The molecular weight excluding hydrogens is 691 g/mol. The summed E-state index contributed by atoms with van der Waals surface area (Å²) in [7, 11) is 0. The Morgan fingerprint density at radius 3 is 1.63 bits per heavy atom. The van der Waals surface area contributed by atoms with Crippen molar-refractivity contribution in [3.8, 4) is 22.8 Å². The molecule has 51 heavy (non-hydrogen) atoms. The van der Waals surface area contributed by atoms with Gasteiger partial charge in [0.2, 0.25) is 17.7 Å². The van der Waals surface area contributed by atoms with Crippen LogP contribution in [0.5, 0.6) is 0 Å². The van der Waals surface area contributed by atoms with Crippen LogP contribution in [-0.4, -0.2) is 73.8 Å². The SMILES string of the molecule is O=C(Nc1ccc(-c2cnc(-c3ccc(NC(=O)[C@@H]4CCCN4C(=O)C(O)c4cccs4)cc3)o2)cc1)[C@@H]1CCCN1C(=O)C(O)c1cccs1. The molecule has 14 heteroatoms. The predicted octanol–water partition coefficient (Wildman–Crippen LogP) is 5.46. The van der Waals surface area contributed by atoms with Crippen LogP contribution >= 0.6 is 22.7 Å². The molecule has 12 nitrogen and oxygen atoms in total. The van der Waals surface area contributed by atoms with Crippen LogP contribution in [0.25, 0.3) is 22.8 Å². The Morgan fingerprint density at radius 1 is 0.706 bits per heavy atom.